The van der Waals surface area contributed by atoms with Crippen molar-refractivity contribution in [2.75, 3.05) is 24.6 Å². The second-order valence-corrected chi connectivity index (χ2v) is 5.82. The molecule has 1 aromatic rings. The van der Waals surface area contributed by atoms with Crippen LogP contribution in [-0.2, 0) is 12.8 Å². The van der Waals surface area contributed by atoms with E-state index in [1.165, 1.54) is 30.5 Å². The lowest BCUT2D eigenvalue weighted by Crippen LogP contribution is -2.38. The van der Waals surface area contributed by atoms with Gasteiger partial charge in [-0.2, -0.15) is 0 Å². The second-order valence-electron chi connectivity index (χ2n) is 5.82. The summed E-state index contributed by atoms with van der Waals surface area (Å²) in [6.45, 7) is 2.31. The van der Waals surface area contributed by atoms with Gasteiger partial charge in [-0.1, -0.05) is 6.42 Å². The van der Waals surface area contributed by atoms with Crippen molar-refractivity contribution in [1.82, 2.24) is 9.97 Å². The van der Waals surface area contributed by atoms with Gasteiger partial charge in [0.15, 0.2) is 0 Å². The summed E-state index contributed by atoms with van der Waals surface area (Å²) >= 11 is 0. The Balaban J connectivity index is 1.87. The first-order valence-corrected chi connectivity index (χ1v) is 7.57. The van der Waals surface area contributed by atoms with Crippen LogP contribution in [0.25, 0.3) is 0 Å². The molecule has 1 aliphatic heterocycles. The predicted octanol–water partition coefficient (Wildman–Crippen LogP) is 1.95. The number of nitrogens with zero attached hydrogens (tertiary/aromatic N) is 3. The quantitative estimate of drug-likeness (QED) is 0.827. The van der Waals surface area contributed by atoms with Crippen molar-refractivity contribution in [2.45, 2.75) is 44.9 Å². The Morgan fingerprint density at radius 3 is 2.95 bits per heavy atom. The van der Waals surface area contributed by atoms with Crippen molar-refractivity contribution in [3.63, 3.8) is 0 Å². The Bertz CT molecular complexity index is 435. The highest BCUT2D eigenvalue weighted by Gasteiger charge is 2.24. The summed E-state index contributed by atoms with van der Waals surface area (Å²) in [5.41, 5.74) is 2.63. The molecule has 1 saturated heterocycles. The first-order chi connectivity index (χ1) is 9.38. The third-order valence-electron chi connectivity index (χ3n) is 4.43. The van der Waals surface area contributed by atoms with Crippen LogP contribution in [0.15, 0.2) is 6.33 Å². The van der Waals surface area contributed by atoms with E-state index >= 15 is 0 Å². The van der Waals surface area contributed by atoms with Gasteiger partial charge in [0.1, 0.15) is 12.1 Å². The molecule has 0 aromatic carbocycles. The fraction of sp³-hybridized carbons (Fsp3) is 0.733. The van der Waals surface area contributed by atoms with Gasteiger partial charge in [0.2, 0.25) is 0 Å². The number of hydrogen-bond acceptors (Lipinski definition) is 4. The largest absolute Gasteiger partial charge is 0.396 e. The molecule has 0 radical (unpaired) electrons. The maximum absolute atomic E-state index is 9.38. The molecule has 1 fully saturated rings. The summed E-state index contributed by atoms with van der Waals surface area (Å²) in [6, 6.07) is 0. The van der Waals surface area contributed by atoms with Crippen LogP contribution < -0.4 is 4.90 Å². The van der Waals surface area contributed by atoms with E-state index < -0.39 is 0 Å². The maximum atomic E-state index is 9.38. The lowest BCUT2D eigenvalue weighted by Gasteiger charge is -2.34. The number of aliphatic hydroxyl groups excluding tert-OH is 1. The molecule has 1 aliphatic carbocycles. The van der Waals surface area contributed by atoms with Gasteiger partial charge in [0, 0.05) is 31.0 Å². The predicted molar refractivity (Wildman–Crippen MR) is 75.3 cm³/mol. The molecule has 4 heteroatoms. The number of aryl methyl sites for hydroxylation is 1. The van der Waals surface area contributed by atoms with Crippen molar-refractivity contribution in [2.24, 2.45) is 5.92 Å². The Labute approximate surface area is 114 Å². The van der Waals surface area contributed by atoms with E-state index in [-0.39, 0.29) is 0 Å². The van der Waals surface area contributed by atoms with Crippen molar-refractivity contribution in [1.29, 1.82) is 0 Å². The summed E-state index contributed by atoms with van der Waals surface area (Å²) in [5.74, 6) is 1.55. The number of anilines is 1. The van der Waals surface area contributed by atoms with Gasteiger partial charge >= 0.3 is 0 Å². The minimum atomic E-state index is 0.295. The minimum Gasteiger partial charge on any atom is -0.396 e. The highest BCUT2D eigenvalue weighted by molar-refractivity contribution is 5.49. The third kappa shape index (κ3) is 2.73. The highest BCUT2D eigenvalue weighted by atomic mass is 16.3. The molecule has 104 valence electrons. The Morgan fingerprint density at radius 2 is 2.05 bits per heavy atom. The van der Waals surface area contributed by atoms with E-state index in [4.69, 9.17) is 0 Å². The Morgan fingerprint density at radius 1 is 1.16 bits per heavy atom. The number of fused-ring (bicyclic) bond motifs is 1. The van der Waals surface area contributed by atoms with Crippen LogP contribution >= 0.6 is 0 Å². The zero-order chi connectivity index (χ0) is 13.1. The number of rotatable bonds is 2. The molecule has 1 atom stereocenters. The highest BCUT2D eigenvalue weighted by Crippen LogP contribution is 2.29. The molecule has 2 aliphatic rings. The molecule has 0 bridgehead atoms. The van der Waals surface area contributed by atoms with Crippen LogP contribution in [0.3, 0.4) is 0 Å². The topological polar surface area (TPSA) is 49.2 Å². The van der Waals surface area contributed by atoms with Crippen LogP contribution in [0.4, 0.5) is 5.82 Å². The van der Waals surface area contributed by atoms with E-state index in [0.29, 0.717) is 12.5 Å². The van der Waals surface area contributed by atoms with Crippen LogP contribution in [0.2, 0.25) is 0 Å². The molecular formula is C15H23N3O. The van der Waals surface area contributed by atoms with Gasteiger partial charge in [-0.15, -0.1) is 0 Å². The van der Waals surface area contributed by atoms with Crippen molar-refractivity contribution >= 4 is 5.82 Å². The van der Waals surface area contributed by atoms with Gasteiger partial charge in [-0.25, -0.2) is 9.97 Å². The average Bonchev–Trinajstić information content (AvgIpc) is 2.72. The fourth-order valence-electron chi connectivity index (χ4n) is 3.36. The molecule has 0 saturated carbocycles. The lowest BCUT2D eigenvalue weighted by molar-refractivity contribution is 0.208. The van der Waals surface area contributed by atoms with E-state index in [1.54, 1.807) is 6.33 Å². The van der Waals surface area contributed by atoms with Crippen LogP contribution in [0, 0.1) is 5.92 Å². The summed E-state index contributed by atoms with van der Waals surface area (Å²) < 4.78 is 0. The second kappa shape index (κ2) is 5.87. The molecule has 3 rings (SSSR count). The fourth-order valence-corrected chi connectivity index (χ4v) is 3.36. The zero-order valence-electron chi connectivity index (χ0n) is 11.5. The molecule has 0 amide bonds. The molecule has 0 spiro atoms. The van der Waals surface area contributed by atoms with Gasteiger partial charge in [-0.3, -0.25) is 0 Å². The van der Waals surface area contributed by atoms with Gasteiger partial charge in [0.25, 0.3) is 0 Å². The SMILES string of the molecule is OCC1CCCN(c2ncnc3c2CCCCC3)C1. The van der Waals surface area contributed by atoms with Gasteiger partial charge in [-0.05, 0) is 44.4 Å². The molecule has 2 heterocycles. The molecule has 4 nitrogen and oxygen atoms in total. The first-order valence-electron chi connectivity index (χ1n) is 7.57. The molecule has 1 N–H and O–H groups in total. The third-order valence-corrected chi connectivity index (χ3v) is 4.43. The standard InChI is InChI=1S/C15H23N3O/c19-10-12-5-4-8-18(9-12)15-13-6-2-1-3-7-14(13)16-11-17-15/h11-12,19H,1-10H2. The number of hydrogen-bond donors (Lipinski definition) is 1. The van der Waals surface area contributed by atoms with E-state index in [9.17, 15) is 5.11 Å². The molecule has 19 heavy (non-hydrogen) atoms. The summed E-state index contributed by atoms with van der Waals surface area (Å²) in [5, 5.41) is 9.38. The Kier molecular flexibility index (Phi) is 3.97. The van der Waals surface area contributed by atoms with E-state index in [2.05, 4.69) is 14.9 Å². The van der Waals surface area contributed by atoms with Crippen molar-refractivity contribution < 1.29 is 5.11 Å². The molecular weight excluding hydrogens is 238 g/mol. The minimum absolute atomic E-state index is 0.295. The summed E-state index contributed by atoms with van der Waals surface area (Å²) in [7, 11) is 0. The number of aromatic nitrogens is 2. The normalized spacial score (nSPS) is 23.8. The monoisotopic (exact) mass is 261 g/mol. The lowest BCUT2D eigenvalue weighted by atomic mass is 9.98. The molecule has 1 aromatic heterocycles. The van der Waals surface area contributed by atoms with Crippen LogP contribution in [0.5, 0.6) is 0 Å². The van der Waals surface area contributed by atoms with E-state index in [1.807, 2.05) is 0 Å². The van der Waals surface area contributed by atoms with Gasteiger partial charge < -0.3 is 10.0 Å². The average molecular weight is 261 g/mol. The smallest absolute Gasteiger partial charge is 0.135 e. The summed E-state index contributed by atoms with van der Waals surface area (Å²) in [4.78, 5) is 11.4. The number of piperidine rings is 1. The Hall–Kier alpha value is -1.16. The zero-order valence-corrected chi connectivity index (χ0v) is 11.5. The number of aliphatic hydroxyl groups is 1. The van der Waals surface area contributed by atoms with Gasteiger partial charge in [0.05, 0.1) is 0 Å². The summed E-state index contributed by atoms with van der Waals surface area (Å²) in [6.07, 6.45) is 10.0. The van der Waals surface area contributed by atoms with E-state index in [0.717, 1.165) is 44.6 Å². The maximum Gasteiger partial charge on any atom is 0.135 e. The van der Waals surface area contributed by atoms with Crippen molar-refractivity contribution in [3.8, 4) is 0 Å². The first kappa shape index (κ1) is 12.9. The van der Waals surface area contributed by atoms with Crippen molar-refractivity contribution in [3.05, 3.63) is 17.6 Å². The molecule has 1 unspecified atom stereocenters. The van der Waals surface area contributed by atoms with Crippen LogP contribution in [-0.4, -0.2) is 34.8 Å². The van der Waals surface area contributed by atoms with Crippen LogP contribution in [0.1, 0.15) is 43.4 Å².